The van der Waals surface area contributed by atoms with Crippen molar-refractivity contribution in [2.24, 2.45) is 5.92 Å². The minimum atomic E-state index is -0.0969. The summed E-state index contributed by atoms with van der Waals surface area (Å²) in [5, 5.41) is 4.86. The molecule has 2 aliphatic rings. The maximum atomic E-state index is 12.9. The average Bonchev–Trinajstić information content (AvgIpc) is 3.54. The quantitative estimate of drug-likeness (QED) is 0.511. The van der Waals surface area contributed by atoms with E-state index in [1.54, 1.807) is 6.08 Å². The Morgan fingerprint density at radius 3 is 2.44 bits per heavy atom. The molecular weight excluding hydrogens is 426 g/mol. The van der Waals surface area contributed by atoms with Gasteiger partial charge in [-0.05, 0) is 31.4 Å². The van der Waals surface area contributed by atoms with Gasteiger partial charge in [0.1, 0.15) is 0 Å². The van der Waals surface area contributed by atoms with Crippen molar-refractivity contribution in [1.82, 2.24) is 14.7 Å². The van der Waals surface area contributed by atoms with Gasteiger partial charge in [0.15, 0.2) is 6.29 Å². The van der Waals surface area contributed by atoms with Gasteiger partial charge in [0.25, 0.3) is 0 Å². The van der Waals surface area contributed by atoms with Gasteiger partial charge in [0.05, 0.1) is 25.5 Å². The molecule has 6 nitrogen and oxygen atoms in total. The zero-order valence-electron chi connectivity index (χ0n) is 19.6. The monoisotopic (exact) mass is 457 g/mol. The minimum Gasteiger partial charge on any atom is -0.350 e. The Kier molecular flexibility index (Phi) is 6.88. The van der Waals surface area contributed by atoms with Crippen molar-refractivity contribution in [2.75, 3.05) is 26.3 Å². The molecule has 0 bridgehead atoms. The number of benzene rings is 2. The summed E-state index contributed by atoms with van der Waals surface area (Å²) < 4.78 is 13.3. The molecule has 0 spiro atoms. The van der Waals surface area contributed by atoms with Crippen molar-refractivity contribution in [3.8, 4) is 11.3 Å². The molecule has 0 radical (unpaired) electrons. The molecule has 0 aliphatic carbocycles. The van der Waals surface area contributed by atoms with Gasteiger partial charge in [-0.15, -0.1) is 0 Å². The number of carbonyl (C=O) groups is 1. The lowest BCUT2D eigenvalue weighted by atomic mass is 9.96. The highest BCUT2D eigenvalue weighted by Gasteiger charge is 2.31. The summed E-state index contributed by atoms with van der Waals surface area (Å²) in [4.78, 5) is 14.9. The van der Waals surface area contributed by atoms with Crippen molar-refractivity contribution in [3.05, 3.63) is 83.6 Å². The van der Waals surface area contributed by atoms with E-state index in [4.69, 9.17) is 14.6 Å². The Bertz CT molecular complexity index is 1120. The number of hydrogen-bond acceptors (Lipinski definition) is 4. The number of amides is 1. The lowest BCUT2D eigenvalue weighted by molar-refractivity contribution is -0.131. The second-order valence-corrected chi connectivity index (χ2v) is 9.09. The Hall–Kier alpha value is -3.22. The Morgan fingerprint density at radius 2 is 1.74 bits per heavy atom. The summed E-state index contributed by atoms with van der Waals surface area (Å²) in [7, 11) is 0. The van der Waals surface area contributed by atoms with E-state index in [0.717, 1.165) is 42.8 Å². The number of ether oxygens (including phenoxy) is 2. The smallest absolute Gasteiger partial charge is 0.246 e. The van der Waals surface area contributed by atoms with E-state index in [2.05, 4.69) is 43.3 Å². The number of hydrogen-bond donors (Lipinski definition) is 0. The maximum Gasteiger partial charge on any atom is 0.246 e. The predicted molar refractivity (Wildman–Crippen MR) is 132 cm³/mol. The molecular formula is C28H31N3O3. The van der Waals surface area contributed by atoms with Crippen molar-refractivity contribution >= 4 is 12.0 Å². The number of rotatable bonds is 6. The standard InChI is InChI=1S/C28H31N3O3/c1-21-7-9-23(10-8-21)27-25(20-31(29-27)19-22-5-3-2-4-6-22)11-12-26(32)30-15-13-24(14-16-30)28-33-17-18-34-28/h2-12,20,24,28H,13-19H2,1H3/b12-11+. The number of piperidine rings is 1. The van der Waals surface area contributed by atoms with E-state index >= 15 is 0 Å². The molecule has 1 aromatic heterocycles. The molecule has 0 atom stereocenters. The number of nitrogens with zero attached hydrogens (tertiary/aromatic N) is 3. The number of aryl methyl sites for hydroxylation is 1. The van der Waals surface area contributed by atoms with Gasteiger partial charge >= 0.3 is 0 Å². The molecule has 0 N–H and O–H groups in total. The van der Waals surface area contributed by atoms with Crippen LogP contribution < -0.4 is 0 Å². The highest BCUT2D eigenvalue weighted by atomic mass is 16.7. The molecule has 3 heterocycles. The average molecular weight is 458 g/mol. The van der Waals surface area contributed by atoms with Crippen LogP contribution in [0.4, 0.5) is 0 Å². The third-order valence-corrected chi connectivity index (χ3v) is 6.59. The van der Waals surface area contributed by atoms with Crippen LogP contribution >= 0.6 is 0 Å². The lowest BCUT2D eigenvalue weighted by Gasteiger charge is -2.33. The molecule has 0 saturated carbocycles. The van der Waals surface area contributed by atoms with Crippen LogP contribution in [0.25, 0.3) is 17.3 Å². The van der Waals surface area contributed by atoms with Crippen molar-refractivity contribution < 1.29 is 14.3 Å². The van der Waals surface area contributed by atoms with E-state index in [1.165, 1.54) is 11.1 Å². The van der Waals surface area contributed by atoms with Gasteiger partial charge in [0.2, 0.25) is 5.91 Å². The van der Waals surface area contributed by atoms with Crippen LogP contribution in [0, 0.1) is 12.8 Å². The second kappa shape index (κ2) is 10.4. The first-order chi connectivity index (χ1) is 16.7. The summed E-state index contributed by atoms with van der Waals surface area (Å²) in [6, 6.07) is 18.6. The molecule has 3 aromatic rings. The molecule has 34 heavy (non-hydrogen) atoms. The summed E-state index contributed by atoms with van der Waals surface area (Å²) in [6.07, 6.45) is 7.33. The summed E-state index contributed by atoms with van der Waals surface area (Å²) in [5.41, 5.74) is 5.26. The molecule has 2 aliphatic heterocycles. The van der Waals surface area contributed by atoms with Gasteiger partial charge in [-0.1, -0.05) is 60.2 Å². The summed E-state index contributed by atoms with van der Waals surface area (Å²) in [6.45, 7) is 5.57. The Balaban J connectivity index is 1.31. The lowest BCUT2D eigenvalue weighted by Crippen LogP contribution is -2.40. The van der Waals surface area contributed by atoms with Crippen molar-refractivity contribution in [2.45, 2.75) is 32.6 Å². The van der Waals surface area contributed by atoms with E-state index in [-0.39, 0.29) is 12.2 Å². The molecule has 1 amide bonds. The van der Waals surface area contributed by atoms with Crippen LogP contribution in [-0.4, -0.2) is 53.2 Å². The fourth-order valence-corrected chi connectivity index (χ4v) is 4.65. The molecule has 5 rings (SSSR count). The zero-order chi connectivity index (χ0) is 23.3. The Morgan fingerprint density at radius 1 is 1.03 bits per heavy atom. The second-order valence-electron chi connectivity index (χ2n) is 9.09. The van der Waals surface area contributed by atoms with Crippen molar-refractivity contribution in [3.63, 3.8) is 0 Å². The molecule has 2 saturated heterocycles. The maximum absolute atomic E-state index is 12.9. The topological polar surface area (TPSA) is 56.6 Å². The van der Waals surface area contributed by atoms with Crippen LogP contribution in [0.3, 0.4) is 0 Å². The Labute approximate surface area is 200 Å². The molecule has 0 unspecified atom stereocenters. The third-order valence-electron chi connectivity index (χ3n) is 6.59. The number of carbonyl (C=O) groups excluding carboxylic acids is 1. The van der Waals surface area contributed by atoms with E-state index < -0.39 is 0 Å². The van der Waals surface area contributed by atoms with Gasteiger partial charge in [0, 0.05) is 42.4 Å². The van der Waals surface area contributed by atoms with Crippen LogP contribution in [0.2, 0.25) is 0 Å². The van der Waals surface area contributed by atoms with Gasteiger partial charge in [-0.3, -0.25) is 9.48 Å². The first-order valence-corrected chi connectivity index (χ1v) is 12.0. The third kappa shape index (κ3) is 5.29. The normalized spacial score (nSPS) is 17.6. The molecule has 176 valence electrons. The zero-order valence-corrected chi connectivity index (χ0v) is 19.6. The molecule has 2 aromatic carbocycles. The molecule has 2 fully saturated rings. The highest BCUT2D eigenvalue weighted by molar-refractivity contribution is 5.93. The van der Waals surface area contributed by atoms with Gasteiger partial charge < -0.3 is 14.4 Å². The highest BCUT2D eigenvalue weighted by Crippen LogP contribution is 2.27. The summed E-state index contributed by atoms with van der Waals surface area (Å²) >= 11 is 0. The van der Waals surface area contributed by atoms with Gasteiger partial charge in [-0.2, -0.15) is 5.10 Å². The fraction of sp³-hybridized carbons (Fsp3) is 0.357. The minimum absolute atomic E-state index is 0.0392. The number of likely N-dealkylation sites (tertiary alicyclic amines) is 1. The SMILES string of the molecule is Cc1ccc(-c2nn(Cc3ccccc3)cc2/C=C/C(=O)N2CCC(C3OCCO3)CC2)cc1. The van der Waals surface area contributed by atoms with Crippen LogP contribution in [0.15, 0.2) is 66.9 Å². The first-order valence-electron chi connectivity index (χ1n) is 12.0. The largest absolute Gasteiger partial charge is 0.350 e. The van der Waals surface area contributed by atoms with Crippen molar-refractivity contribution in [1.29, 1.82) is 0 Å². The molecule has 6 heteroatoms. The summed E-state index contributed by atoms with van der Waals surface area (Å²) in [5.74, 6) is 0.414. The number of aromatic nitrogens is 2. The van der Waals surface area contributed by atoms with Gasteiger partial charge in [-0.25, -0.2) is 0 Å². The fourth-order valence-electron chi connectivity index (χ4n) is 4.65. The van der Waals surface area contributed by atoms with E-state index in [9.17, 15) is 4.79 Å². The van der Waals surface area contributed by atoms with Crippen LogP contribution in [0.5, 0.6) is 0 Å². The van der Waals surface area contributed by atoms with E-state index in [1.807, 2.05) is 40.1 Å². The van der Waals surface area contributed by atoms with E-state index in [0.29, 0.717) is 25.7 Å². The van der Waals surface area contributed by atoms with Crippen LogP contribution in [0.1, 0.15) is 29.5 Å². The van der Waals surface area contributed by atoms with Crippen LogP contribution in [-0.2, 0) is 20.8 Å². The predicted octanol–water partition coefficient (Wildman–Crippen LogP) is 4.53. The first kappa shape index (κ1) is 22.6.